The fourth-order valence-electron chi connectivity index (χ4n) is 11.0. The molecule has 4 unspecified atom stereocenters. The fourth-order valence-corrected chi connectivity index (χ4v) is 11.3. The average molecular weight is 1540 g/mol. The van der Waals surface area contributed by atoms with Crippen molar-refractivity contribution in [3.05, 3.63) is 0 Å². The lowest BCUT2D eigenvalue weighted by Crippen LogP contribution is -2.56. The summed E-state index contributed by atoms with van der Waals surface area (Å²) in [5.74, 6) is -0.795. The van der Waals surface area contributed by atoms with Crippen LogP contribution in [0.4, 0.5) is 19.2 Å². The lowest BCUT2D eigenvalue weighted by Gasteiger charge is -2.40. The molecule has 103 heavy (non-hydrogen) atoms. The highest BCUT2D eigenvalue weighted by Gasteiger charge is 2.35. The number of alkyl halides is 1. The monoisotopic (exact) mass is 1540 g/mol. The van der Waals surface area contributed by atoms with E-state index in [1.807, 2.05) is 117 Å². The minimum absolute atomic E-state index is 0. The van der Waals surface area contributed by atoms with Crippen molar-refractivity contribution in [1.29, 1.82) is 0 Å². The largest absolute Gasteiger partial charge is 0.480 e. The zero-order valence-corrected chi connectivity index (χ0v) is 64.7. The van der Waals surface area contributed by atoms with Gasteiger partial charge in [-0.3, -0.25) is 43.6 Å². The van der Waals surface area contributed by atoms with E-state index in [-0.39, 0.29) is 121 Å². The van der Waals surface area contributed by atoms with Gasteiger partial charge in [-0.15, -0.1) is 0 Å². The van der Waals surface area contributed by atoms with Gasteiger partial charge in [-0.1, -0.05) is 53.1 Å². The van der Waals surface area contributed by atoms with Gasteiger partial charge in [-0.05, 0) is 162 Å². The highest BCUT2D eigenvalue weighted by atomic mass is 79.9. The van der Waals surface area contributed by atoms with Gasteiger partial charge in [0.05, 0.1) is 40.4 Å². The highest BCUT2D eigenvalue weighted by Crippen LogP contribution is 2.20. The second-order valence-corrected chi connectivity index (χ2v) is 30.4. The molecule has 8 saturated heterocycles. The molecule has 0 saturated carbocycles. The van der Waals surface area contributed by atoms with Crippen LogP contribution in [0.15, 0.2) is 0 Å². The number of hydrogen-bond donors (Lipinski definition) is 4. The Kier molecular flexibility index (Phi) is 53.1. The Morgan fingerprint density at radius 2 is 0.660 bits per heavy atom. The van der Waals surface area contributed by atoms with E-state index in [1.54, 1.807) is 19.6 Å². The number of carboxylic acids is 1. The number of carbonyl (C=O) groups excluding carboxylic acids is 8. The van der Waals surface area contributed by atoms with Crippen molar-refractivity contribution in [2.75, 3.05) is 190 Å². The molecule has 0 bridgehead atoms. The number of rotatable bonds is 9. The van der Waals surface area contributed by atoms with E-state index in [0.29, 0.717) is 77.4 Å². The van der Waals surface area contributed by atoms with Crippen LogP contribution in [-0.4, -0.2) is 344 Å². The Bertz CT molecular complexity index is 2390. The molecular weight excluding hydrogens is 1390 g/mol. The first-order valence-corrected chi connectivity index (χ1v) is 36.3. The van der Waals surface area contributed by atoms with E-state index in [2.05, 4.69) is 65.0 Å². The molecule has 4 atom stereocenters. The molecule has 8 aliphatic rings. The number of nitrogens with one attached hydrogen (secondary N) is 3. The lowest BCUT2D eigenvalue weighted by atomic mass is 10.2. The number of ether oxygens (including phenoxy) is 6. The first-order chi connectivity index (χ1) is 45.7. The van der Waals surface area contributed by atoms with E-state index in [9.17, 15) is 43.2 Å². The van der Waals surface area contributed by atoms with Crippen molar-refractivity contribution in [3.63, 3.8) is 0 Å². The van der Waals surface area contributed by atoms with Crippen LogP contribution in [-0.2, 0) is 52.4 Å². The van der Waals surface area contributed by atoms with Gasteiger partial charge in [0.2, 0.25) is 11.8 Å². The number of amides is 6. The van der Waals surface area contributed by atoms with E-state index in [1.165, 1.54) is 53.0 Å². The number of esters is 2. The minimum Gasteiger partial charge on any atom is -0.480 e. The number of carboxylic acid groups (broad SMARTS) is 1. The maximum atomic E-state index is 12.2. The molecule has 0 radical (unpaired) electrons. The molecule has 0 spiro atoms. The fraction of sp³-hybridized carbons (Fsp3) is 0.877. The topological polar surface area (TPSA) is 298 Å². The first-order valence-electron chi connectivity index (χ1n) is 35.2. The number of likely N-dealkylation sites (tertiary alicyclic amines) is 2. The Balaban J connectivity index is -0.000000570. The summed E-state index contributed by atoms with van der Waals surface area (Å²) in [4.78, 5) is 122. The second-order valence-electron chi connectivity index (χ2n) is 29.8. The SMILES string of the molecule is C.C.C.C.C.C1CCNC1.CC(C)(C)OC(=O)N1CCNCC1.CC1CN(C(=O)OC(C)(C)C)CCN1CC(=O)N1CCCC1.CC1CN(C(=O)OC(C)(C)C)CCN1CC(=O)O.CC1CNCCN1CC(=O)N1CCCC1.COC(=O)CBr.COC(=O)CN1CCN(C(=O)OC(C)(C)C)CC1C. The van der Waals surface area contributed by atoms with E-state index in [4.69, 9.17) is 24.1 Å². The Morgan fingerprint density at radius 3 is 0.932 bits per heavy atom. The Morgan fingerprint density at radius 1 is 0.359 bits per heavy atom. The van der Waals surface area contributed by atoms with Crippen molar-refractivity contribution in [1.82, 2.24) is 64.9 Å². The summed E-state index contributed by atoms with van der Waals surface area (Å²) in [6.45, 7) is 49.6. The van der Waals surface area contributed by atoms with Gasteiger partial charge in [0.25, 0.3) is 0 Å². The van der Waals surface area contributed by atoms with Crippen LogP contribution in [0.5, 0.6) is 0 Å². The number of halogens is 1. The summed E-state index contributed by atoms with van der Waals surface area (Å²) in [7, 11) is 2.73. The van der Waals surface area contributed by atoms with E-state index >= 15 is 0 Å². The molecule has 0 aromatic carbocycles. The molecular formula is C73H148BrN13O16. The quantitative estimate of drug-likeness (QED) is 0.0955. The predicted octanol–water partition coefficient (Wildman–Crippen LogP) is 8.50. The number of aliphatic carboxylic acids is 1. The second kappa shape index (κ2) is 52.6. The van der Waals surface area contributed by atoms with Gasteiger partial charge in [-0.25, -0.2) is 19.2 Å². The normalized spacial score (nSPS) is 20.8. The Labute approximate surface area is 631 Å². The molecule has 8 aliphatic heterocycles. The third-order valence-electron chi connectivity index (χ3n) is 16.4. The maximum Gasteiger partial charge on any atom is 0.410 e. The number of carbonyl (C=O) groups is 9. The molecule has 6 amide bonds. The average Bonchev–Trinajstić information content (AvgIpc) is 1.08. The van der Waals surface area contributed by atoms with E-state index in [0.717, 1.165) is 91.4 Å². The van der Waals surface area contributed by atoms with Gasteiger partial charge in [0.15, 0.2) is 0 Å². The zero-order valence-electron chi connectivity index (χ0n) is 63.1. The smallest absolute Gasteiger partial charge is 0.410 e. The summed E-state index contributed by atoms with van der Waals surface area (Å²) < 4.78 is 30.2. The summed E-state index contributed by atoms with van der Waals surface area (Å²) in [5.41, 5.74) is -1.84. The van der Waals surface area contributed by atoms with Crippen molar-refractivity contribution >= 4 is 70.0 Å². The van der Waals surface area contributed by atoms with Crippen LogP contribution < -0.4 is 16.0 Å². The Hall–Kier alpha value is -5.37. The summed E-state index contributed by atoms with van der Waals surface area (Å²) >= 11 is 2.90. The van der Waals surface area contributed by atoms with E-state index < -0.39 is 22.8 Å². The number of methoxy groups -OCH3 is 2. The zero-order chi connectivity index (χ0) is 74.0. The van der Waals surface area contributed by atoms with Crippen molar-refractivity contribution in [2.24, 2.45) is 0 Å². The van der Waals surface area contributed by atoms with Gasteiger partial charge in [-0.2, -0.15) is 0 Å². The molecule has 30 heteroatoms. The van der Waals surface area contributed by atoms with Crippen molar-refractivity contribution < 1.29 is 76.7 Å². The van der Waals surface area contributed by atoms with Crippen LogP contribution in [0.2, 0.25) is 0 Å². The van der Waals surface area contributed by atoms with Gasteiger partial charge < -0.3 is 78.9 Å². The molecule has 0 aliphatic carbocycles. The van der Waals surface area contributed by atoms with Crippen LogP contribution in [0.3, 0.4) is 0 Å². The van der Waals surface area contributed by atoms with Gasteiger partial charge >= 0.3 is 42.3 Å². The van der Waals surface area contributed by atoms with Gasteiger partial charge in [0, 0.05) is 155 Å². The van der Waals surface area contributed by atoms with Crippen LogP contribution >= 0.6 is 15.9 Å². The molecule has 29 nitrogen and oxygen atoms in total. The first kappa shape index (κ1) is 104. The minimum atomic E-state index is -0.840. The van der Waals surface area contributed by atoms with Crippen molar-refractivity contribution in [3.8, 4) is 0 Å². The van der Waals surface area contributed by atoms with Gasteiger partial charge in [0.1, 0.15) is 27.7 Å². The third kappa shape index (κ3) is 45.7. The molecule has 0 aromatic rings. The maximum absolute atomic E-state index is 12.2. The lowest BCUT2D eigenvalue weighted by molar-refractivity contribution is -0.143. The van der Waals surface area contributed by atoms with Crippen LogP contribution in [0.25, 0.3) is 0 Å². The highest BCUT2D eigenvalue weighted by molar-refractivity contribution is 9.09. The summed E-state index contributed by atoms with van der Waals surface area (Å²) in [5, 5.41) is 18.8. The molecule has 8 heterocycles. The van der Waals surface area contributed by atoms with Crippen molar-refractivity contribution in [2.45, 2.75) is 233 Å². The third-order valence-corrected chi connectivity index (χ3v) is 16.9. The summed E-state index contributed by atoms with van der Waals surface area (Å²) in [6, 6.07) is 0.806. The standard InChI is InChI=1S/C16H29N3O3.C13H24N2O4.C12H22N2O4.C11H21N3O.C9H18N2O2.C4H9N.C3H5BrO2.5CH4/c1-13-11-19(15(21)22-16(2,3)4)10-9-18(13)12-14(20)17-7-5-6-8-17;1-10-8-15(12(17)19-13(2,3)4)7-6-14(10)9-11(16)18-5;1-9-7-14(11(17)18-12(2,3)4)6-5-13(9)8-10(15)16;1-10-8-12-4-7-14(10)9-11(15)13-5-2-3-6-13;1-9(2,3)13-8(12)11-6-4-10-5-7-11;1-2-4-5-3-1;1-6-3(5)2-4;;;;;/h13H,5-12H2,1-4H3;10H,6-9H2,1-5H3;9H,5-8H2,1-4H3,(H,15,16);10,12H,2-9H2,1H3;10H,4-7H2,1-3H3;5H,1-4H2;2H2,1H3;5*1H4. The molecule has 0 aromatic heterocycles. The number of hydrogen-bond acceptors (Lipinski definition) is 22. The molecule has 608 valence electrons. The summed E-state index contributed by atoms with van der Waals surface area (Å²) in [6.07, 6.45) is 6.30. The molecule has 8 fully saturated rings. The molecule has 4 N–H and O–H groups in total. The van der Waals surface area contributed by atoms with Crippen LogP contribution in [0.1, 0.15) is 186 Å². The predicted molar refractivity (Wildman–Crippen MR) is 414 cm³/mol. The van der Waals surface area contributed by atoms with Crippen LogP contribution in [0, 0.1) is 0 Å². The molecule has 8 rings (SSSR count). The number of piperazine rings is 5. The number of nitrogens with zero attached hydrogens (tertiary/aromatic N) is 10.